The van der Waals surface area contributed by atoms with Crippen LogP contribution in [0.5, 0.6) is 0 Å². The quantitative estimate of drug-likeness (QED) is 0.224. The number of hydrogen-bond acceptors (Lipinski definition) is 7. The molecule has 2 rings (SSSR count). The van der Waals surface area contributed by atoms with Crippen molar-refractivity contribution in [3.63, 3.8) is 0 Å². The first-order valence-electron chi connectivity index (χ1n) is 7.69. The molecular weight excluding hydrogens is 332 g/mol. The molecule has 136 valence electrons. The Balaban J connectivity index is 2.21. The number of aliphatic hydroxyl groups is 3. The number of non-ortho nitro benzene ring substituents is 1. The molecule has 3 unspecified atom stereocenters. The van der Waals surface area contributed by atoms with E-state index in [4.69, 9.17) is 0 Å². The van der Waals surface area contributed by atoms with Crippen LogP contribution in [-0.4, -0.2) is 50.4 Å². The molecule has 1 amide bonds. The minimum absolute atomic E-state index is 0.155. The Morgan fingerprint density at radius 1 is 1.40 bits per heavy atom. The lowest BCUT2D eigenvalue weighted by atomic mass is 9.62. The van der Waals surface area contributed by atoms with Gasteiger partial charge in [0.25, 0.3) is 5.69 Å². The summed E-state index contributed by atoms with van der Waals surface area (Å²) in [5, 5.41) is 43.2. The van der Waals surface area contributed by atoms with E-state index in [0.717, 1.165) is 0 Å². The van der Waals surface area contributed by atoms with Crippen molar-refractivity contribution in [2.24, 2.45) is 11.3 Å². The van der Waals surface area contributed by atoms with Crippen LogP contribution in [0.15, 0.2) is 24.3 Å². The molecule has 1 fully saturated rings. The maximum Gasteiger partial charge on any atom is 0.269 e. The van der Waals surface area contributed by atoms with E-state index < -0.39 is 46.2 Å². The van der Waals surface area contributed by atoms with Gasteiger partial charge in [0.1, 0.15) is 5.41 Å². The average molecular weight is 352 g/mol. The summed E-state index contributed by atoms with van der Waals surface area (Å²) in [6, 6.07) is 4.30. The van der Waals surface area contributed by atoms with Gasteiger partial charge in [-0.15, -0.1) is 0 Å². The first-order chi connectivity index (χ1) is 11.6. The van der Waals surface area contributed by atoms with Crippen molar-refractivity contribution in [3.8, 4) is 0 Å². The van der Waals surface area contributed by atoms with Gasteiger partial charge in [-0.25, -0.2) is 0 Å². The van der Waals surface area contributed by atoms with Crippen LogP contribution in [0.3, 0.4) is 0 Å². The molecule has 0 radical (unpaired) electrons. The maximum absolute atomic E-state index is 12.4. The number of nitrogens with one attached hydrogen (secondary N) is 1. The molecular formula is C16H20N2O7. The van der Waals surface area contributed by atoms with E-state index >= 15 is 0 Å². The zero-order valence-electron chi connectivity index (χ0n) is 13.8. The number of β-lactam (4-membered cyclic amide) rings is 1. The van der Waals surface area contributed by atoms with Crippen molar-refractivity contribution in [2.45, 2.75) is 32.1 Å². The SMILES string of the molecule is CC(CO)C1NC(=O)C1(C)C(O)(O)C(=O)Cc1ccc([N+](=O)[O-])cc1. The third-order valence-corrected chi connectivity index (χ3v) is 4.86. The Bertz CT molecular complexity index is 701. The molecule has 1 aromatic carbocycles. The standard InChI is InChI=1S/C16H20N2O7/c1-9(8-19)13-15(2,14(21)17-13)16(22,23)12(20)7-10-3-5-11(6-4-10)18(24)25/h3-6,9,13,19,22-23H,7-8H2,1-2H3,(H,17,21). The first kappa shape index (κ1) is 19.0. The summed E-state index contributed by atoms with van der Waals surface area (Å²) in [7, 11) is 0. The molecule has 0 aliphatic carbocycles. The number of nitrogens with zero attached hydrogens (tertiary/aromatic N) is 1. The van der Waals surface area contributed by atoms with Gasteiger partial charge in [-0.3, -0.25) is 19.7 Å². The molecule has 1 saturated heterocycles. The van der Waals surface area contributed by atoms with Gasteiger partial charge in [-0.2, -0.15) is 0 Å². The molecule has 3 atom stereocenters. The molecule has 1 aliphatic rings. The molecule has 0 aromatic heterocycles. The molecule has 25 heavy (non-hydrogen) atoms. The Hall–Kier alpha value is -2.36. The molecule has 9 nitrogen and oxygen atoms in total. The maximum atomic E-state index is 12.4. The lowest BCUT2D eigenvalue weighted by Gasteiger charge is -2.53. The monoisotopic (exact) mass is 352 g/mol. The summed E-state index contributed by atoms with van der Waals surface area (Å²) >= 11 is 0. The number of aliphatic hydroxyl groups excluding tert-OH is 1. The summed E-state index contributed by atoms with van der Waals surface area (Å²) < 4.78 is 0. The van der Waals surface area contributed by atoms with Crippen molar-refractivity contribution in [3.05, 3.63) is 39.9 Å². The number of carbonyl (C=O) groups excluding carboxylic acids is 2. The molecule has 0 saturated carbocycles. The number of nitro benzene ring substituents is 1. The van der Waals surface area contributed by atoms with E-state index in [-0.39, 0.29) is 12.3 Å². The third kappa shape index (κ3) is 3.01. The lowest BCUT2D eigenvalue weighted by molar-refractivity contribution is -0.384. The van der Waals surface area contributed by atoms with Crippen LogP contribution in [0.25, 0.3) is 0 Å². The summed E-state index contributed by atoms with van der Waals surface area (Å²) in [6.45, 7) is 2.57. The molecule has 1 aliphatic heterocycles. The van der Waals surface area contributed by atoms with Gasteiger partial charge in [0, 0.05) is 31.1 Å². The second-order valence-electron chi connectivity index (χ2n) is 6.51. The van der Waals surface area contributed by atoms with Gasteiger partial charge in [-0.05, 0) is 12.5 Å². The van der Waals surface area contributed by atoms with E-state index in [0.29, 0.717) is 5.56 Å². The van der Waals surface area contributed by atoms with E-state index in [1.54, 1.807) is 6.92 Å². The van der Waals surface area contributed by atoms with Gasteiger partial charge in [-0.1, -0.05) is 19.1 Å². The fraction of sp³-hybridized carbons (Fsp3) is 0.500. The van der Waals surface area contributed by atoms with Gasteiger partial charge in [0.2, 0.25) is 11.7 Å². The second-order valence-corrected chi connectivity index (χ2v) is 6.51. The molecule has 4 N–H and O–H groups in total. The second kappa shape index (κ2) is 6.51. The van der Waals surface area contributed by atoms with Crippen LogP contribution >= 0.6 is 0 Å². The number of rotatable bonds is 7. The zero-order valence-corrected chi connectivity index (χ0v) is 13.8. The fourth-order valence-electron chi connectivity index (χ4n) is 3.02. The van der Waals surface area contributed by atoms with Gasteiger partial charge in [0.15, 0.2) is 5.78 Å². The highest BCUT2D eigenvalue weighted by Gasteiger charge is 2.67. The molecule has 1 aromatic rings. The molecule has 0 bridgehead atoms. The van der Waals surface area contributed by atoms with Crippen molar-refractivity contribution in [1.82, 2.24) is 5.32 Å². The Morgan fingerprint density at radius 3 is 2.40 bits per heavy atom. The Labute approximate surface area is 143 Å². The Morgan fingerprint density at radius 2 is 1.96 bits per heavy atom. The van der Waals surface area contributed by atoms with Crippen LogP contribution in [0, 0.1) is 21.4 Å². The van der Waals surface area contributed by atoms with E-state index in [1.165, 1.54) is 31.2 Å². The smallest absolute Gasteiger partial charge is 0.269 e. The average Bonchev–Trinajstić information content (AvgIpc) is 2.58. The van der Waals surface area contributed by atoms with E-state index in [2.05, 4.69) is 5.32 Å². The number of ketones is 1. The van der Waals surface area contributed by atoms with Crippen LogP contribution in [0.1, 0.15) is 19.4 Å². The van der Waals surface area contributed by atoms with E-state index in [9.17, 15) is 35.0 Å². The van der Waals surface area contributed by atoms with Crippen LogP contribution < -0.4 is 5.32 Å². The normalized spacial score (nSPS) is 24.2. The topological polar surface area (TPSA) is 150 Å². The largest absolute Gasteiger partial charge is 0.396 e. The highest BCUT2D eigenvalue weighted by molar-refractivity contribution is 6.00. The van der Waals surface area contributed by atoms with Crippen molar-refractivity contribution >= 4 is 17.4 Å². The Kier molecular flexibility index (Phi) is 4.94. The first-order valence-corrected chi connectivity index (χ1v) is 7.69. The predicted octanol–water partition coefficient (Wildman–Crippen LogP) is -0.480. The zero-order chi connectivity index (χ0) is 19.0. The molecule has 0 spiro atoms. The van der Waals surface area contributed by atoms with Crippen LogP contribution in [0.2, 0.25) is 0 Å². The summed E-state index contributed by atoms with van der Waals surface area (Å²) in [4.78, 5) is 34.4. The highest BCUT2D eigenvalue weighted by Crippen LogP contribution is 2.44. The van der Waals surface area contributed by atoms with Crippen molar-refractivity contribution in [1.29, 1.82) is 0 Å². The van der Waals surface area contributed by atoms with Gasteiger partial charge >= 0.3 is 0 Å². The number of hydrogen-bond donors (Lipinski definition) is 4. The highest BCUT2D eigenvalue weighted by atomic mass is 16.6. The van der Waals surface area contributed by atoms with Crippen molar-refractivity contribution in [2.75, 3.05) is 6.61 Å². The van der Waals surface area contributed by atoms with Crippen LogP contribution in [-0.2, 0) is 16.0 Å². The predicted molar refractivity (Wildman–Crippen MR) is 85.3 cm³/mol. The van der Waals surface area contributed by atoms with Gasteiger partial charge < -0.3 is 20.6 Å². The minimum atomic E-state index is -2.94. The summed E-state index contributed by atoms with van der Waals surface area (Å²) in [6.07, 6.45) is -0.409. The van der Waals surface area contributed by atoms with E-state index in [1.807, 2.05) is 0 Å². The molecule has 9 heteroatoms. The number of benzene rings is 1. The molecule has 1 heterocycles. The number of nitro groups is 1. The van der Waals surface area contributed by atoms with Gasteiger partial charge in [0.05, 0.1) is 11.0 Å². The number of Topliss-reactive ketones (excluding diaryl/α,β-unsaturated/α-hetero) is 1. The van der Waals surface area contributed by atoms with Crippen molar-refractivity contribution < 1.29 is 29.8 Å². The van der Waals surface area contributed by atoms with Crippen LogP contribution in [0.4, 0.5) is 5.69 Å². The third-order valence-electron chi connectivity index (χ3n) is 4.86. The lowest BCUT2D eigenvalue weighted by Crippen LogP contribution is -2.78. The number of carbonyl (C=O) groups is 2. The minimum Gasteiger partial charge on any atom is -0.396 e. The number of amides is 1. The summed E-state index contributed by atoms with van der Waals surface area (Å²) in [5.74, 6) is -5.12. The fourth-order valence-corrected chi connectivity index (χ4v) is 3.02. The summed E-state index contributed by atoms with van der Waals surface area (Å²) in [5.41, 5.74) is -1.61.